The number of anilines is 2. The van der Waals surface area contributed by atoms with Gasteiger partial charge in [-0.05, 0) is 31.4 Å². The number of hydrogen-bond acceptors (Lipinski definition) is 2. The van der Waals surface area contributed by atoms with Crippen molar-refractivity contribution >= 4 is 17.3 Å². The van der Waals surface area contributed by atoms with Crippen LogP contribution in [0.2, 0.25) is 0 Å². The van der Waals surface area contributed by atoms with E-state index < -0.39 is 0 Å². The van der Waals surface area contributed by atoms with Crippen LogP contribution in [0.3, 0.4) is 0 Å². The minimum atomic E-state index is -0.380. The molecule has 1 amide bonds. The molecule has 1 fully saturated rings. The minimum absolute atomic E-state index is 0.101. The van der Waals surface area contributed by atoms with Crippen LogP contribution >= 0.6 is 0 Å². The fraction of sp³-hybridized carbons (Fsp3) is 0.417. The highest BCUT2D eigenvalue weighted by atomic mass is 19.1. The van der Waals surface area contributed by atoms with Crippen LogP contribution in [0.1, 0.15) is 25.7 Å². The molecule has 0 bridgehead atoms. The highest BCUT2D eigenvalue weighted by molar-refractivity contribution is 5.97. The van der Waals surface area contributed by atoms with E-state index in [9.17, 15) is 9.18 Å². The number of nitrogens with one attached hydrogen (secondary N) is 2. The molecule has 16 heavy (non-hydrogen) atoms. The maximum absolute atomic E-state index is 13.5. The summed E-state index contributed by atoms with van der Waals surface area (Å²) in [5, 5.41) is 5.96. The number of benzene rings is 1. The third-order valence-electron chi connectivity index (χ3n) is 3.49. The van der Waals surface area contributed by atoms with Crippen molar-refractivity contribution in [2.24, 2.45) is 0 Å². The monoisotopic (exact) mass is 220 g/mol. The van der Waals surface area contributed by atoms with E-state index in [-0.39, 0.29) is 23.0 Å². The Kier molecular flexibility index (Phi) is 1.93. The van der Waals surface area contributed by atoms with E-state index in [0.29, 0.717) is 12.1 Å². The Labute approximate surface area is 93.0 Å². The van der Waals surface area contributed by atoms with Gasteiger partial charge in [0, 0.05) is 12.0 Å². The highest BCUT2D eigenvalue weighted by Gasteiger charge is 2.41. The van der Waals surface area contributed by atoms with Gasteiger partial charge in [0.15, 0.2) is 0 Å². The molecule has 2 N–H and O–H groups in total. The SMILES string of the molecule is O=C1CC2(CCC2)Nc2cccc(F)c2N1. The van der Waals surface area contributed by atoms with Gasteiger partial charge < -0.3 is 10.6 Å². The van der Waals surface area contributed by atoms with Crippen LogP contribution in [-0.2, 0) is 4.79 Å². The molecule has 1 spiro atoms. The van der Waals surface area contributed by atoms with Crippen molar-refractivity contribution in [2.45, 2.75) is 31.2 Å². The largest absolute Gasteiger partial charge is 0.377 e. The minimum Gasteiger partial charge on any atom is -0.377 e. The average Bonchev–Trinajstić information content (AvgIpc) is 2.34. The predicted octanol–water partition coefficient (Wildman–Crippen LogP) is 2.50. The van der Waals surface area contributed by atoms with Crippen molar-refractivity contribution in [3.05, 3.63) is 24.0 Å². The molecule has 1 heterocycles. The second-order valence-corrected chi connectivity index (χ2v) is 4.65. The molecule has 3 rings (SSSR count). The van der Waals surface area contributed by atoms with Crippen molar-refractivity contribution < 1.29 is 9.18 Å². The lowest BCUT2D eigenvalue weighted by Crippen LogP contribution is -2.46. The Hall–Kier alpha value is -1.58. The van der Waals surface area contributed by atoms with Crippen molar-refractivity contribution in [1.29, 1.82) is 0 Å². The van der Waals surface area contributed by atoms with Gasteiger partial charge >= 0.3 is 0 Å². The van der Waals surface area contributed by atoms with Crippen LogP contribution in [0.5, 0.6) is 0 Å². The standard InChI is InChI=1S/C12H13FN2O/c13-8-3-1-4-9-11(8)14-10(16)7-12(15-9)5-2-6-12/h1,3-4,15H,2,5-7H2,(H,14,16). The molecule has 0 aromatic heterocycles. The first-order valence-electron chi connectivity index (χ1n) is 5.55. The Morgan fingerprint density at radius 1 is 1.31 bits per heavy atom. The highest BCUT2D eigenvalue weighted by Crippen LogP contribution is 2.42. The van der Waals surface area contributed by atoms with E-state index >= 15 is 0 Å². The first kappa shape index (κ1) is 9.63. The summed E-state index contributed by atoms with van der Waals surface area (Å²) >= 11 is 0. The molecule has 84 valence electrons. The molecule has 0 saturated heterocycles. The lowest BCUT2D eigenvalue weighted by molar-refractivity contribution is -0.117. The third-order valence-corrected chi connectivity index (χ3v) is 3.49. The zero-order valence-corrected chi connectivity index (χ0v) is 8.85. The van der Waals surface area contributed by atoms with Gasteiger partial charge in [-0.2, -0.15) is 0 Å². The van der Waals surface area contributed by atoms with E-state index in [0.717, 1.165) is 19.3 Å². The summed E-state index contributed by atoms with van der Waals surface area (Å²) < 4.78 is 13.5. The fourth-order valence-corrected chi connectivity index (χ4v) is 2.48. The molecule has 1 aliphatic heterocycles. The van der Waals surface area contributed by atoms with Gasteiger partial charge in [-0.1, -0.05) is 6.07 Å². The molecule has 2 aliphatic rings. The third kappa shape index (κ3) is 1.37. The number of carbonyl (C=O) groups is 1. The van der Waals surface area contributed by atoms with Gasteiger partial charge in [-0.25, -0.2) is 4.39 Å². The van der Waals surface area contributed by atoms with Crippen molar-refractivity contribution in [1.82, 2.24) is 0 Å². The molecule has 4 heteroatoms. The molecule has 0 radical (unpaired) electrons. The van der Waals surface area contributed by atoms with Crippen molar-refractivity contribution in [3.8, 4) is 0 Å². The maximum Gasteiger partial charge on any atom is 0.226 e. The number of rotatable bonds is 0. The second kappa shape index (κ2) is 3.20. The molecule has 0 unspecified atom stereocenters. The number of para-hydroxylation sites is 1. The van der Waals surface area contributed by atoms with Crippen LogP contribution in [0.15, 0.2) is 18.2 Å². The van der Waals surface area contributed by atoms with E-state index in [1.54, 1.807) is 6.07 Å². The van der Waals surface area contributed by atoms with Crippen LogP contribution < -0.4 is 10.6 Å². The first-order chi connectivity index (χ1) is 7.69. The zero-order valence-electron chi connectivity index (χ0n) is 8.85. The summed E-state index contributed by atoms with van der Waals surface area (Å²) in [6, 6.07) is 4.83. The molecular weight excluding hydrogens is 207 g/mol. The Morgan fingerprint density at radius 2 is 2.12 bits per heavy atom. The Bertz CT molecular complexity index is 454. The lowest BCUT2D eigenvalue weighted by Gasteiger charge is -2.41. The number of hydrogen-bond donors (Lipinski definition) is 2. The zero-order chi connectivity index (χ0) is 11.2. The average molecular weight is 220 g/mol. The number of halogens is 1. The number of fused-ring (bicyclic) bond motifs is 1. The molecule has 1 aromatic rings. The van der Waals surface area contributed by atoms with Gasteiger partial charge in [0.1, 0.15) is 11.5 Å². The van der Waals surface area contributed by atoms with Crippen molar-refractivity contribution in [2.75, 3.05) is 10.6 Å². The van der Waals surface area contributed by atoms with Crippen LogP contribution in [-0.4, -0.2) is 11.4 Å². The summed E-state index contributed by atoms with van der Waals surface area (Å²) in [4.78, 5) is 11.7. The molecular formula is C12H13FN2O. The Balaban J connectivity index is 2.05. The molecule has 1 aromatic carbocycles. The maximum atomic E-state index is 13.5. The summed E-state index contributed by atoms with van der Waals surface area (Å²) in [5.74, 6) is -0.481. The normalized spacial score (nSPS) is 21.4. The summed E-state index contributed by atoms with van der Waals surface area (Å²) in [7, 11) is 0. The van der Waals surface area contributed by atoms with Gasteiger partial charge in [0.25, 0.3) is 0 Å². The summed E-state index contributed by atoms with van der Waals surface area (Å²) in [5.41, 5.74) is 0.852. The van der Waals surface area contributed by atoms with Crippen LogP contribution in [0, 0.1) is 5.82 Å². The van der Waals surface area contributed by atoms with E-state index in [2.05, 4.69) is 10.6 Å². The van der Waals surface area contributed by atoms with Gasteiger partial charge in [0.05, 0.1) is 5.69 Å². The summed E-state index contributed by atoms with van der Waals surface area (Å²) in [6.45, 7) is 0. The van der Waals surface area contributed by atoms with E-state index in [4.69, 9.17) is 0 Å². The smallest absolute Gasteiger partial charge is 0.226 e. The van der Waals surface area contributed by atoms with E-state index in [1.807, 2.05) is 6.07 Å². The van der Waals surface area contributed by atoms with Gasteiger partial charge in [0.2, 0.25) is 5.91 Å². The number of amides is 1. The topological polar surface area (TPSA) is 41.1 Å². The molecule has 3 nitrogen and oxygen atoms in total. The molecule has 0 atom stereocenters. The predicted molar refractivity (Wildman–Crippen MR) is 59.9 cm³/mol. The van der Waals surface area contributed by atoms with E-state index in [1.165, 1.54) is 6.07 Å². The fourth-order valence-electron chi connectivity index (χ4n) is 2.48. The lowest BCUT2D eigenvalue weighted by atomic mass is 9.74. The van der Waals surface area contributed by atoms with Gasteiger partial charge in [-0.15, -0.1) is 0 Å². The first-order valence-corrected chi connectivity index (χ1v) is 5.55. The summed E-state index contributed by atoms with van der Waals surface area (Å²) in [6.07, 6.45) is 3.53. The molecule has 1 aliphatic carbocycles. The second-order valence-electron chi connectivity index (χ2n) is 4.65. The molecule has 1 saturated carbocycles. The van der Waals surface area contributed by atoms with Gasteiger partial charge in [-0.3, -0.25) is 4.79 Å². The van der Waals surface area contributed by atoms with Crippen LogP contribution in [0.4, 0.5) is 15.8 Å². The Morgan fingerprint density at radius 3 is 2.81 bits per heavy atom. The van der Waals surface area contributed by atoms with Crippen LogP contribution in [0.25, 0.3) is 0 Å². The quantitative estimate of drug-likeness (QED) is 0.705. The van der Waals surface area contributed by atoms with Crippen molar-refractivity contribution in [3.63, 3.8) is 0 Å². The number of carbonyl (C=O) groups excluding carboxylic acids is 1.